The molecule has 5 amide bonds. The van der Waals surface area contributed by atoms with Gasteiger partial charge in [-0.2, -0.15) is 18.4 Å². The van der Waals surface area contributed by atoms with Crippen molar-refractivity contribution in [3.05, 3.63) is 113 Å². The maximum absolute atomic E-state index is 13.5. The van der Waals surface area contributed by atoms with Gasteiger partial charge in [-0.25, -0.2) is 0 Å². The van der Waals surface area contributed by atoms with Crippen molar-refractivity contribution in [2.24, 2.45) is 5.41 Å². The molecule has 3 aliphatic rings. The number of hydrogen-bond acceptors (Lipinski definition) is 14. The lowest BCUT2D eigenvalue weighted by atomic mass is 9.89. The van der Waals surface area contributed by atoms with Gasteiger partial charge in [0.25, 0.3) is 17.7 Å². The van der Waals surface area contributed by atoms with Gasteiger partial charge in [0.05, 0.1) is 94.4 Å². The van der Waals surface area contributed by atoms with Crippen molar-refractivity contribution in [3.8, 4) is 22.9 Å². The van der Waals surface area contributed by atoms with E-state index in [-0.39, 0.29) is 35.6 Å². The number of benzene rings is 4. The second-order valence-corrected chi connectivity index (χ2v) is 17.9. The molecule has 3 heterocycles. The number of imide groups is 2. The molecule has 4 aromatic carbocycles. The first-order valence-corrected chi connectivity index (χ1v) is 23.6. The number of carbonyl (C=O) groups excluding carboxylic acids is 5. The molecule has 4 aromatic rings. The Morgan fingerprint density at radius 2 is 1.32 bits per heavy atom. The molecule has 3 N–H and O–H groups in total. The van der Waals surface area contributed by atoms with Crippen molar-refractivity contribution in [2.75, 3.05) is 96.3 Å². The molecule has 2 unspecified atom stereocenters. The molecule has 72 heavy (non-hydrogen) atoms. The van der Waals surface area contributed by atoms with Gasteiger partial charge in [-0.15, -0.1) is 0 Å². The average Bonchev–Trinajstić information content (AvgIpc) is 3.74. The summed E-state index contributed by atoms with van der Waals surface area (Å²) in [6, 6.07) is 24.4. The third kappa shape index (κ3) is 13.5. The number of nitrogens with one attached hydrogen (secondary N) is 3. The second kappa shape index (κ2) is 24.5. The summed E-state index contributed by atoms with van der Waals surface area (Å²) < 4.78 is 74.4. The van der Waals surface area contributed by atoms with Crippen LogP contribution in [-0.4, -0.2) is 137 Å². The largest absolute Gasteiger partial charge is 0.480 e. The van der Waals surface area contributed by atoms with Crippen molar-refractivity contribution in [1.29, 1.82) is 5.26 Å². The van der Waals surface area contributed by atoms with Crippen molar-refractivity contribution in [1.82, 2.24) is 15.1 Å². The highest BCUT2D eigenvalue weighted by Gasteiger charge is 2.49. The first kappa shape index (κ1) is 52.9. The lowest BCUT2D eigenvalue weighted by Crippen LogP contribution is -2.54. The van der Waals surface area contributed by atoms with Gasteiger partial charge in [-0.1, -0.05) is 56.3 Å². The second-order valence-electron chi connectivity index (χ2n) is 17.9. The van der Waals surface area contributed by atoms with E-state index in [4.69, 9.17) is 33.7 Å². The first-order valence-electron chi connectivity index (χ1n) is 23.6. The van der Waals surface area contributed by atoms with E-state index in [0.29, 0.717) is 97.9 Å². The summed E-state index contributed by atoms with van der Waals surface area (Å²) in [6.45, 7) is 9.30. The van der Waals surface area contributed by atoms with Crippen LogP contribution in [0.25, 0.3) is 11.1 Å². The quantitative estimate of drug-likeness (QED) is 0.0483. The standard InChI is InChI=1S/C52H57F3N6O11/c1-51(2)33-60(50(66)46(51)72-39-15-12-37(31-56)41(30-39)52(53,54)55)32-34-6-8-35(9-7-34)36-10-13-38(14-11-36)57-18-20-67-22-24-69-26-28-71-29-27-70-25-23-68-21-19-58-42-5-3-4-40-45(42)49(65)61(48(40)64)43-16-17-44(62)59-47(43)63/h3-15,30,43,46,57-58H,16-29,32-33H2,1-2H3,(H,59,62,63). The number of amides is 5. The van der Waals surface area contributed by atoms with Crippen molar-refractivity contribution in [3.63, 3.8) is 0 Å². The van der Waals surface area contributed by atoms with Crippen LogP contribution >= 0.6 is 0 Å². The highest BCUT2D eigenvalue weighted by Crippen LogP contribution is 2.39. The van der Waals surface area contributed by atoms with Crippen molar-refractivity contribution in [2.45, 2.75) is 51.6 Å². The smallest absolute Gasteiger partial charge is 0.417 e. The highest BCUT2D eigenvalue weighted by molar-refractivity contribution is 6.25. The maximum Gasteiger partial charge on any atom is 0.417 e. The Labute approximate surface area is 414 Å². The van der Waals surface area contributed by atoms with Crippen LogP contribution in [0, 0.1) is 16.7 Å². The zero-order valence-electron chi connectivity index (χ0n) is 40.0. The van der Waals surface area contributed by atoms with Crippen LogP contribution in [0.3, 0.4) is 0 Å². The Bertz CT molecular complexity index is 2610. The van der Waals surface area contributed by atoms with Crippen LogP contribution in [0.2, 0.25) is 0 Å². The Kier molecular flexibility index (Phi) is 18.0. The molecule has 7 rings (SSSR count). The minimum atomic E-state index is -4.74. The molecular formula is C52H57F3N6O11. The topological polar surface area (TPSA) is 207 Å². The number of piperidine rings is 1. The fourth-order valence-corrected chi connectivity index (χ4v) is 8.53. The van der Waals surface area contributed by atoms with Gasteiger partial charge in [-0.3, -0.25) is 34.2 Å². The number of fused-ring (bicyclic) bond motifs is 1. The van der Waals surface area contributed by atoms with Gasteiger partial charge < -0.3 is 44.0 Å². The monoisotopic (exact) mass is 998 g/mol. The fourth-order valence-electron chi connectivity index (χ4n) is 8.53. The summed E-state index contributed by atoms with van der Waals surface area (Å²) in [5.41, 5.74) is 2.40. The summed E-state index contributed by atoms with van der Waals surface area (Å²) in [5, 5.41) is 17.8. The van der Waals surface area contributed by atoms with Crippen LogP contribution < -0.4 is 20.7 Å². The predicted molar refractivity (Wildman–Crippen MR) is 256 cm³/mol. The lowest BCUT2D eigenvalue weighted by molar-refractivity contribution is -0.138. The van der Waals surface area contributed by atoms with Crippen LogP contribution in [0.15, 0.2) is 84.9 Å². The Morgan fingerprint density at radius 1 is 0.736 bits per heavy atom. The fraction of sp³-hybridized carbons (Fsp3) is 0.423. The summed E-state index contributed by atoms with van der Waals surface area (Å²) in [5.74, 6) is -2.67. The molecule has 0 aliphatic carbocycles. The molecule has 3 aliphatic heterocycles. The van der Waals surface area contributed by atoms with Gasteiger partial charge >= 0.3 is 6.18 Å². The van der Waals surface area contributed by atoms with Crippen molar-refractivity contribution < 1.29 is 65.6 Å². The Hall–Kier alpha value is -6.89. The van der Waals surface area contributed by atoms with Gasteiger partial charge in [-0.05, 0) is 65.6 Å². The van der Waals surface area contributed by atoms with Gasteiger partial charge in [0.1, 0.15) is 11.8 Å². The number of anilines is 2. The van der Waals surface area contributed by atoms with E-state index in [2.05, 4.69) is 16.0 Å². The number of carbonyl (C=O) groups is 5. The number of ether oxygens (including phenoxy) is 6. The normalized spacial score (nSPS) is 17.5. The lowest BCUT2D eigenvalue weighted by Gasteiger charge is -2.27. The number of rotatable bonds is 26. The molecule has 2 saturated heterocycles. The molecule has 0 spiro atoms. The molecule has 0 radical (unpaired) electrons. The summed E-state index contributed by atoms with van der Waals surface area (Å²) in [6.07, 6.45) is -5.60. The molecule has 2 fully saturated rings. The van der Waals surface area contributed by atoms with E-state index in [1.165, 1.54) is 6.07 Å². The van der Waals surface area contributed by atoms with E-state index < -0.39 is 58.5 Å². The van der Waals surface area contributed by atoms with Gasteiger partial charge in [0.2, 0.25) is 11.8 Å². The summed E-state index contributed by atoms with van der Waals surface area (Å²) in [4.78, 5) is 66.2. The zero-order chi connectivity index (χ0) is 51.3. The summed E-state index contributed by atoms with van der Waals surface area (Å²) >= 11 is 0. The molecule has 2 atom stereocenters. The minimum absolute atomic E-state index is 0.0511. The van der Waals surface area contributed by atoms with E-state index in [0.717, 1.165) is 39.4 Å². The molecule has 0 aromatic heterocycles. The third-order valence-electron chi connectivity index (χ3n) is 12.2. The number of nitrogens with zero attached hydrogens (tertiary/aromatic N) is 3. The van der Waals surface area contributed by atoms with Crippen molar-refractivity contribution >= 4 is 40.9 Å². The molecule has 0 bridgehead atoms. The first-order chi connectivity index (χ1) is 34.6. The average molecular weight is 999 g/mol. The van der Waals surface area contributed by atoms with Crippen LogP contribution in [0.1, 0.15) is 64.1 Å². The number of hydrogen-bond donors (Lipinski definition) is 3. The van der Waals surface area contributed by atoms with E-state index in [1.807, 2.05) is 62.4 Å². The molecule has 17 nitrogen and oxygen atoms in total. The third-order valence-corrected chi connectivity index (χ3v) is 12.2. The van der Waals surface area contributed by atoms with E-state index in [9.17, 15) is 37.1 Å². The maximum atomic E-state index is 13.5. The number of nitriles is 1. The van der Waals surface area contributed by atoms with E-state index in [1.54, 1.807) is 29.2 Å². The van der Waals surface area contributed by atoms with Crippen LogP contribution in [0.4, 0.5) is 24.5 Å². The molecule has 382 valence electrons. The number of alkyl halides is 3. The Balaban J connectivity index is 0.681. The van der Waals surface area contributed by atoms with Crippen LogP contribution in [0.5, 0.6) is 5.75 Å². The highest BCUT2D eigenvalue weighted by atomic mass is 19.4. The van der Waals surface area contributed by atoms with Gasteiger partial charge in [0, 0.05) is 49.4 Å². The molecule has 0 saturated carbocycles. The molecular weight excluding hydrogens is 942 g/mol. The van der Waals surface area contributed by atoms with E-state index >= 15 is 0 Å². The van der Waals surface area contributed by atoms with Crippen LogP contribution in [-0.2, 0) is 50.8 Å². The number of halogens is 3. The number of likely N-dealkylation sites (tertiary alicyclic amines) is 1. The predicted octanol–water partition coefficient (Wildman–Crippen LogP) is 6.07. The summed E-state index contributed by atoms with van der Waals surface area (Å²) in [7, 11) is 0. The Morgan fingerprint density at radius 3 is 1.90 bits per heavy atom. The van der Waals surface area contributed by atoms with Gasteiger partial charge in [0.15, 0.2) is 6.10 Å². The SMILES string of the molecule is CC1(C)CN(Cc2ccc(-c3ccc(NCCOCCOCCOCCOCCOCCNc4cccc5c4C(=O)N(C4CCC(=O)NC4=O)C5=O)cc3)cc2)C(=O)C1Oc1ccc(C#N)c(C(F)(F)F)c1. The minimum Gasteiger partial charge on any atom is -0.480 e. The zero-order valence-corrected chi connectivity index (χ0v) is 40.0. The molecule has 20 heteroatoms.